The Morgan fingerprint density at radius 3 is 2.50 bits per heavy atom. The molecule has 0 bridgehead atoms. The van der Waals surface area contributed by atoms with Gasteiger partial charge in [0.2, 0.25) is 5.91 Å². The third kappa shape index (κ3) is 4.34. The number of nitrogens with one attached hydrogen (secondary N) is 1. The first-order valence-corrected chi connectivity index (χ1v) is 6.85. The number of hydrogen-bond donors (Lipinski definition) is 1. The number of aromatic nitrogens is 1. The lowest BCUT2D eigenvalue weighted by Gasteiger charge is -2.08. The van der Waals surface area contributed by atoms with Crippen LogP contribution in [0.1, 0.15) is 18.5 Å². The number of rotatable bonds is 5. The van der Waals surface area contributed by atoms with Crippen molar-refractivity contribution in [1.29, 1.82) is 0 Å². The quantitative estimate of drug-likeness (QED) is 0.843. The maximum absolute atomic E-state index is 12.3. The van der Waals surface area contributed by atoms with Gasteiger partial charge in [-0.15, -0.1) is 6.58 Å². The summed E-state index contributed by atoms with van der Waals surface area (Å²) in [4.78, 5) is 13.8. The molecule has 1 aromatic rings. The van der Waals surface area contributed by atoms with Crippen molar-refractivity contribution >= 4 is 15.9 Å². The highest BCUT2D eigenvalue weighted by Crippen LogP contribution is 2.27. The van der Waals surface area contributed by atoms with Gasteiger partial charge >= 0.3 is 6.18 Å². The van der Waals surface area contributed by atoms with Gasteiger partial charge in [0.25, 0.3) is 10.0 Å². The Bertz CT molecular complexity index is 594. The highest BCUT2D eigenvalue weighted by Gasteiger charge is 2.32. The molecular weight excluding hydrogens is 297 g/mol. The van der Waals surface area contributed by atoms with Gasteiger partial charge in [-0.3, -0.25) is 9.78 Å². The van der Waals surface area contributed by atoms with Crippen LogP contribution in [0.3, 0.4) is 0 Å². The van der Waals surface area contributed by atoms with Crippen LogP contribution in [0.2, 0.25) is 0 Å². The Morgan fingerprint density at radius 2 is 2.05 bits per heavy atom. The fourth-order valence-electron chi connectivity index (χ4n) is 1.20. The Balaban J connectivity index is 2.88. The van der Waals surface area contributed by atoms with E-state index in [-0.39, 0.29) is 12.8 Å². The zero-order valence-corrected chi connectivity index (χ0v) is 11.0. The summed E-state index contributed by atoms with van der Waals surface area (Å²) in [7, 11) is -4.22. The SMILES string of the molecule is C=CCCC(=O)NS(=O)(=O)c1ccc(C(F)(F)F)nc1. The van der Waals surface area contributed by atoms with Crippen molar-refractivity contribution in [3.63, 3.8) is 0 Å². The van der Waals surface area contributed by atoms with E-state index in [2.05, 4.69) is 11.6 Å². The number of pyridine rings is 1. The molecule has 0 aliphatic carbocycles. The van der Waals surface area contributed by atoms with Crippen molar-refractivity contribution in [1.82, 2.24) is 9.71 Å². The van der Waals surface area contributed by atoms with E-state index in [9.17, 15) is 26.4 Å². The van der Waals surface area contributed by atoms with Gasteiger partial charge in [-0.25, -0.2) is 13.1 Å². The van der Waals surface area contributed by atoms with E-state index in [1.54, 1.807) is 4.72 Å². The number of hydrogen-bond acceptors (Lipinski definition) is 4. The fourth-order valence-corrected chi connectivity index (χ4v) is 2.16. The van der Waals surface area contributed by atoms with Gasteiger partial charge in [0.05, 0.1) is 0 Å². The van der Waals surface area contributed by atoms with Crippen LogP contribution in [-0.2, 0) is 21.0 Å². The van der Waals surface area contributed by atoms with Crippen LogP contribution in [0.4, 0.5) is 13.2 Å². The molecule has 0 aliphatic rings. The van der Waals surface area contributed by atoms with Crippen LogP contribution in [0.5, 0.6) is 0 Å². The second kappa shape index (κ2) is 6.04. The van der Waals surface area contributed by atoms with Crippen molar-refractivity contribution in [2.45, 2.75) is 23.9 Å². The molecule has 1 heterocycles. The minimum absolute atomic E-state index is 0.0865. The average molecular weight is 308 g/mol. The number of amides is 1. The molecule has 0 aliphatic heterocycles. The molecule has 0 unspecified atom stereocenters. The molecule has 1 aromatic heterocycles. The Labute approximate surface area is 113 Å². The summed E-state index contributed by atoms with van der Waals surface area (Å²) >= 11 is 0. The minimum Gasteiger partial charge on any atom is -0.274 e. The maximum Gasteiger partial charge on any atom is 0.433 e. The third-order valence-electron chi connectivity index (χ3n) is 2.16. The number of carbonyl (C=O) groups excluding carboxylic acids is 1. The Hall–Kier alpha value is -1.90. The summed E-state index contributed by atoms with van der Waals surface area (Å²) < 4.78 is 61.9. The molecule has 9 heteroatoms. The summed E-state index contributed by atoms with van der Waals surface area (Å²) in [6.07, 6.45) is -2.48. The highest BCUT2D eigenvalue weighted by molar-refractivity contribution is 7.90. The highest BCUT2D eigenvalue weighted by atomic mass is 32.2. The molecule has 1 N–H and O–H groups in total. The van der Waals surface area contributed by atoms with Crippen LogP contribution >= 0.6 is 0 Å². The summed E-state index contributed by atoms with van der Waals surface area (Å²) in [6.45, 7) is 3.37. The molecule has 0 saturated heterocycles. The van der Waals surface area contributed by atoms with Gasteiger partial charge in [-0.2, -0.15) is 13.2 Å². The van der Waals surface area contributed by atoms with Crippen LogP contribution in [0, 0.1) is 0 Å². The molecular formula is C11H11F3N2O3S. The predicted octanol–water partition coefficient (Wildman–Crippen LogP) is 1.87. The van der Waals surface area contributed by atoms with Gasteiger partial charge in [0.15, 0.2) is 0 Å². The molecule has 1 amide bonds. The van der Waals surface area contributed by atoms with Crippen molar-refractivity contribution in [3.05, 3.63) is 36.7 Å². The second-order valence-corrected chi connectivity index (χ2v) is 5.42. The number of sulfonamides is 1. The van der Waals surface area contributed by atoms with E-state index >= 15 is 0 Å². The molecule has 110 valence electrons. The molecule has 1 rings (SSSR count). The molecule has 0 aromatic carbocycles. The number of allylic oxidation sites excluding steroid dienone is 1. The van der Waals surface area contributed by atoms with Crippen LogP contribution in [0.15, 0.2) is 35.9 Å². The maximum atomic E-state index is 12.3. The van der Waals surface area contributed by atoms with E-state index in [0.717, 1.165) is 6.07 Å². The summed E-state index contributed by atoms with van der Waals surface area (Å²) in [6, 6.07) is 1.27. The van der Waals surface area contributed by atoms with Gasteiger partial charge < -0.3 is 0 Å². The fraction of sp³-hybridized carbons (Fsp3) is 0.273. The Morgan fingerprint density at radius 1 is 1.40 bits per heavy atom. The first-order valence-electron chi connectivity index (χ1n) is 5.36. The van der Waals surface area contributed by atoms with Gasteiger partial charge in [0.1, 0.15) is 10.6 Å². The number of carbonyl (C=O) groups is 1. The van der Waals surface area contributed by atoms with Crippen LogP contribution < -0.4 is 4.72 Å². The normalized spacial score (nSPS) is 11.9. The lowest BCUT2D eigenvalue weighted by Crippen LogP contribution is -2.30. The van der Waals surface area contributed by atoms with E-state index in [0.29, 0.717) is 12.3 Å². The van der Waals surface area contributed by atoms with E-state index in [4.69, 9.17) is 0 Å². The monoisotopic (exact) mass is 308 g/mol. The first-order chi connectivity index (χ1) is 9.16. The summed E-state index contributed by atoms with van der Waals surface area (Å²) in [5, 5.41) is 0. The molecule has 0 fully saturated rings. The number of nitrogens with zero attached hydrogens (tertiary/aromatic N) is 1. The standard InChI is InChI=1S/C11H11F3N2O3S/c1-2-3-4-10(17)16-20(18,19)8-5-6-9(15-7-8)11(12,13)14/h2,5-7H,1,3-4H2,(H,16,17). The summed E-state index contributed by atoms with van der Waals surface area (Å²) in [5.41, 5.74) is -1.21. The number of alkyl halides is 3. The first kappa shape index (κ1) is 16.2. The molecule has 0 spiro atoms. The molecule has 20 heavy (non-hydrogen) atoms. The van der Waals surface area contributed by atoms with Crippen LogP contribution in [0.25, 0.3) is 0 Å². The zero-order chi connectivity index (χ0) is 15.4. The van der Waals surface area contributed by atoms with Gasteiger partial charge in [-0.05, 0) is 18.6 Å². The second-order valence-electron chi connectivity index (χ2n) is 3.73. The molecule has 0 radical (unpaired) electrons. The van der Waals surface area contributed by atoms with Crippen molar-refractivity contribution < 1.29 is 26.4 Å². The lowest BCUT2D eigenvalue weighted by atomic mass is 10.3. The minimum atomic E-state index is -4.66. The Kier molecular flexibility index (Phi) is 4.88. The zero-order valence-electron chi connectivity index (χ0n) is 10.1. The molecule has 5 nitrogen and oxygen atoms in total. The van der Waals surface area contributed by atoms with E-state index in [1.165, 1.54) is 6.08 Å². The van der Waals surface area contributed by atoms with Gasteiger partial charge in [0, 0.05) is 12.6 Å². The summed E-state index contributed by atoms with van der Waals surface area (Å²) in [5.74, 6) is -0.773. The van der Waals surface area contributed by atoms with Crippen molar-refractivity contribution in [3.8, 4) is 0 Å². The largest absolute Gasteiger partial charge is 0.433 e. The van der Waals surface area contributed by atoms with E-state index < -0.39 is 32.7 Å². The van der Waals surface area contributed by atoms with E-state index in [1.807, 2.05) is 0 Å². The number of halogens is 3. The third-order valence-corrected chi connectivity index (χ3v) is 3.52. The average Bonchev–Trinajstić information content (AvgIpc) is 2.35. The van der Waals surface area contributed by atoms with Crippen LogP contribution in [-0.4, -0.2) is 19.3 Å². The van der Waals surface area contributed by atoms with Crippen molar-refractivity contribution in [2.75, 3.05) is 0 Å². The van der Waals surface area contributed by atoms with Crippen molar-refractivity contribution in [2.24, 2.45) is 0 Å². The molecule has 0 saturated carbocycles. The topological polar surface area (TPSA) is 76.1 Å². The lowest BCUT2D eigenvalue weighted by molar-refractivity contribution is -0.141. The smallest absolute Gasteiger partial charge is 0.274 e. The molecule has 0 atom stereocenters. The predicted molar refractivity (Wildman–Crippen MR) is 64.0 cm³/mol. The van der Waals surface area contributed by atoms with Gasteiger partial charge in [-0.1, -0.05) is 6.08 Å².